The number of hydrogen-bond acceptors (Lipinski definition) is 4. The largest absolute Gasteiger partial charge is 0.492 e. The van der Waals surface area contributed by atoms with Crippen molar-refractivity contribution in [3.63, 3.8) is 0 Å². The van der Waals surface area contributed by atoms with Gasteiger partial charge < -0.3 is 14.8 Å². The van der Waals surface area contributed by atoms with Crippen LogP contribution in [0.25, 0.3) is 0 Å². The number of hydrogen-bond donors (Lipinski definition) is 1. The molecule has 1 saturated heterocycles. The molecule has 162 valence electrons. The minimum atomic E-state index is -0.679. The van der Waals surface area contributed by atoms with Gasteiger partial charge in [0.2, 0.25) is 0 Å². The third-order valence-corrected chi connectivity index (χ3v) is 6.62. The molecule has 2 aliphatic rings. The molecule has 3 rings (SSSR count). The van der Waals surface area contributed by atoms with E-state index < -0.39 is 5.60 Å². The van der Waals surface area contributed by atoms with Gasteiger partial charge in [-0.15, -0.1) is 0 Å². The molecule has 1 atom stereocenters. The Kier molecular flexibility index (Phi) is 7.96. The zero-order valence-corrected chi connectivity index (χ0v) is 18.4. The van der Waals surface area contributed by atoms with Crippen molar-refractivity contribution in [1.82, 2.24) is 4.90 Å². The van der Waals surface area contributed by atoms with Gasteiger partial charge in [0.1, 0.15) is 18.0 Å². The highest BCUT2D eigenvalue weighted by atomic mass is 16.5. The fraction of sp³-hybridized carbons (Fsp3) is 0.708. The average Bonchev–Trinajstić information content (AvgIpc) is 2.73. The first-order valence-electron chi connectivity index (χ1n) is 11.4. The van der Waals surface area contributed by atoms with Crippen molar-refractivity contribution in [3.05, 3.63) is 24.3 Å². The molecule has 1 aliphatic carbocycles. The Hall–Kier alpha value is -1.59. The van der Waals surface area contributed by atoms with E-state index in [4.69, 9.17) is 9.47 Å². The molecule has 5 heteroatoms. The third-order valence-electron chi connectivity index (χ3n) is 6.62. The molecule has 0 radical (unpaired) electrons. The quantitative estimate of drug-likeness (QED) is 0.674. The normalized spacial score (nSPS) is 28.1. The van der Waals surface area contributed by atoms with Gasteiger partial charge >= 0.3 is 0 Å². The summed E-state index contributed by atoms with van der Waals surface area (Å²) in [5, 5.41) is 3.07. The summed E-state index contributed by atoms with van der Waals surface area (Å²) < 4.78 is 11.9. The van der Waals surface area contributed by atoms with E-state index in [0.29, 0.717) is 25.2 Å². The molecule has 29 heavy (non-hydrogen) atoms. The second kappa shape index (κ2) is 10.4. The van der Waals surface area contributed by atoms with Crippen LogP contribution in [0, 0.1) is 5.92 Å². The fourth-order valence-electron chi connectivity index (χ4n) is 4.59. The molecule has 1 amide bonds. The van der Waals surface area contributed by atoms with Crippen LogP contribution in [0.3, 0.4) is 0 Å². The molecule has 1 saturated carbocycles. The monoisotopic (exact) mass is 402 g/mol. The summed E-state index contributed by atoms with van der Waals surface area (Å²) in [5.74, 6) is 1.50. The van der Waals surface area contributed by atoms with Crippen LogP contribution in [0.2, 0.25) is 0 Å². The van der Waals surface area contributed by atoms with E-state index in [0.717, 1.165) is 43.7 Å². The summed E-state index contributed by atoms with van der Waals surface area (Å²) in [7, 11) is 0. The number of carbonyl (C=O) groups excluding carboxylic acids is 1. The molecule has 0 spiro atoms. The highest BCUT2D eigenvalue weighted by Crippen LogP contribution is 2.36. The van der Waals surface area contributed by atoms with Crippen LogP contribution in [-0.4, -0.2) is 48.8 Å². The summed E-state index contributed by atoms with van der Waals surface area (Å²) >= 11 is 0. The van der Waals surface area contributed by atoms with Crippen LogP contribution in [0.1, 0.15) is 65.7 Å². The number of piperidine rings is 1. The lowest BCUT2D eigenvalue weighted by atomic mass is 9.78. The van der Waals surface area contributed by atoms with Gasteiger partial charge in [-0.25, -0.2) is 0 Å². The number of rotatable bonds is 8. The topological polar surface area (TPSA) is 50.8 Å². The lowest BCUT2D eigenvalue weighted by Crippen LogP contribution is -2.48. The van der Waals surface area contributed by atoms with E-state index in [1.807, 2.05) is 31.2 Å². The molecule has 1 aromatic rings. The summed E-state index contributed by atoms with van der Waals surface area (Å²) in [6.07, 6.45) is 7.59. The second-order valence-electron chi connectivity index (χ2n) is 8.82. The summed E-state index contributed by atoms with van der Waals surface area (Å²) in [6, 6.07) is 8.37. The molecule has 1 N–H and O–H groups in total. The smallest absolute Gasteiger partial charge is 0.256 e. The van der Waals surface area contributed by atoms with Crippen molar-refractivity contribution in [3.8, 4) is 5.75 Å². The van der Waals surface area contributed by atoms with Crippen LogP contribution in [0.5, 0.6) is 5.75 Å². The SMILES string of the molecule is CCOC1(C(=O)Nc2ccc(OCCN3CCCC[C@H]3C)cc2)CCC(C)CC1. The molecular formula is C24H38N2O3. The lowest BCUT2D eigenvalue weighted by Gasteiger charge is -2.37. The van der Waals surface area contributed by atoms with Crippen LogP contribution < -0.4 is 10.1 Å². The van der Waals surface area contributed by atoms with Crippen LogP contribution in [0.4, 0.5) is 5.69 Å². The summed E-state index contributed by atoms with van der Waals surface area (Å²) in [5.41, 5.74) is 0.117. The van der Waals surface area contributed by atoms with Gasteiger partial charge in [-0.3, -0.25) is 9.69 Å². The van der Waals surface area contributed by atoms with E-state index in [2.05, 4.69) is 24.1 Å². The van der Waals surface area contributed by atoms with Crippen molar-refractivity contribution in [2.45, 2.75) is 77.4 Å². The number of benzene rings is 1. The summed E-state index contributed by atoms with van der Waals surface area (Å²) in [4.78, 5) is 15.5. The third kappa shape index (κ3) is 5.95. The van der Waals surface area contributed by atoms with Crippen molar-refractivity contribution in [2.75, 3.05) is 31.6 Å². The van der Waals surface area contributed by atoms with Crippen molar-refractivity contribution < 1.29 is 14.3 Å². The summed E-state index contributed by atoms with van der Waals surface area (Å²) in [6.45, 7) is 9.91. The molecule has 0 bridgehead atoms. The van der Waals surface area contributed by atoms with Gasteiger partial charge in [0, 0.05) is 24.9 Å². The average molecular weight is 403 g/mol. The number of ether oxygens (including phenoxy) is 2. The Morgan fingerprint density at radius 3 is 2.52 bits per heavy atom. The Bertz CT molecular complexity index is 638. The highest BCUT2D eigenvalue weighted by molar-refractivity contribution is 5.97. The van der Waals surface area contributed by atoms with Gasteiger partial charge in [-0.05, 0) is 89.1 Å². The fourth-order valence-corrected chi connectivity index (χ4v) is 4.59. The lowest BCUT2D eigenvalue weighted by molar-refractivity contribution is -0.146. The number of likely N-dealkylation sites (tertiary alicyclic amines) is 1. The Morgan fingerprint density at radius 2 is 1.86 bits per heavy atom. The number of amides is 1. The van der Waals surface area contributed by atoms with E-state index in [9.17, 15) is 4.79 Å². The zero-order valence-electron chi connectivity index (χ0n) is 18.4. The molecule has 0 unspecified atom stereocenters. The van der Waals surface area contributed by atoms with E-state index in [1.165, 1.54) is 25.8 Å². The van der Waals surface area contributed by atoms with Gasteiger partial charge in [-0.2, -0.15) is 0 Å². The van der Waals surface area contributed by atoms with Crippen LogP contribution in [-0.2, 0) is 9.53 Å². The van der Waals surface area contributed by atoms with Gasteiger partial charge in [0.15, 0.2) is 0 Å². The first-order chi connectivity index (χ1) is 14.0. The predicted octanol–water partition coefficient (Wildman–Crippen LogP) is 4.86. The van der Waals surface area contributed by atoms with E-state index in [1.54, 1.807) is 0 Å². The maximum absolute atomic E-state index is 13.0. The van der Waals surface area contributed by atoms with E-state index in [-0.39, 0.29) is 5.91 Å². The maximum atomic E-state index is 13.0. The molecule has 1 aliphatic heterocycles. The molecule has 5 nitrogen and oxygen atoms in total. The minimum absolute atomic E-state index is 0.0148. The highest BCUT2D eigenvalue weighted by Gasteiger charge is 2.41. The van der Waals surface area contributed by atoms with Gasteiger partial charge in [0.25, 0.3) is 5.91 Å². The molecule has 1 heterocycles. The molecule has 0 aromatic heterocycles. The van der Waals surface area contributed by atoms with Crippen LogP contribution in [0.15, 0.2) is 24.3 Å². The Balaban J connectivity index is 1.49. The first kappa shape index (κ1) is 22.1. The predicted molar refractivity (Wildman–Crippen MR) is 117 cm³/mol. The minimum Gasteiger partial charge on any atom is -0.492 e. The number of anilines is 1. The zero-order chi connectivity index (χ0) is 20.7. The molecular weight excluding hydrogens is 364 g/mol. The molecule has 2 fully saturated rings. The Morgan fingerprint density at radius 1 is 1.14 bits per heavy atom. The second-order valence-corrected chi connectivity index (χ2v) is 8.82. The maximum Gasteiger partial charge on any atom is 0.256 e. The first-order valence-corrected chi connectivity index (χ1v) is 11.4. The van der Waals surface area contributed by atoms with E-state index >= 15 is 0 Å². The number of nitrogens with one attached hydrogen (secondary N) is 1. The molecule has 1 aromatic carbocycles. The number of nitrogens with zero attached hydrogens (tertiary/aromatic N) is 1. The van der Waals surface area contributed by atoms with Gasteiger partial charge in [-0.1, -0.05) is 13.3 Å². The van der Waals surface area contributed by atoms with Crippen LogP contribution >= 0.6 is 0 Å². The Labute approximate surface area is 176 Å². The van der Waals surface area contributed by atoms with Gasteiger partial charge in [0.05, 0.1) is 0 Å². The van der Waals surface area contributed by atoms with Crippen molar-refractivity contribution >= 4 is 11.6 Å². The number of carbonyl (C=O) groups is 1. The van der Waals surface area contributed by atoms with Crippen molar-refractivity contribution in [1.29, 1.82) is 0 Å². The standard InChI is InChI=1S/C24H38N2O3/c1-4-29-24(14-12-19(2)13-15-24)23(27)25-21-8-10-22(11-9-21)28-18-17-26-16-6-5-7-20(26)3/h8-11,19-20H,4-7,12-18H2,1-3H3,(H,25,27)/t19?,20-,24?/m1/s1. The van der Waals surface area contributed by atoms with Crippen molar-refractivity contribution in [2.24, 2.45) is 5.92 Å².